The molecule has 2 aromatic rings. The van der Waals surface area contributed by atoms with Crippen molar-refractivity contribution in [3.8, 4) is 0 Å². The van der Waals surface area contributed by atoms with E-state index in [-0.39, 0.29) is 17.2 Å². The van der Waals surface area contributed by atoms with Crippen LogP contribution in [0.4, 0.5) is 0 Å². The van der Waals surface area contributed by atoms with Gasteiger partial charge in [-0.05, 0) is 37.4 Å². The third-order valence-electron chi connectivity index (χ3n) is 3.34. The zero-order valence-corrected chi connectivity index (χ0v) is 11.2. The van der Waals surface area contributed by atoms with E-state index in [2.05, 4.69) is 5.16 Å². The molecule has 1 fully saturated rings. The van der Waals surface area contributed by atoms with E-state index in [1.165, 1.54) is 6.26 Å². The van der Waals surface area contributed by atoms with Gasteiger partial charge >= 0.3 is 0 Å². The molecule has 0 aromatic carbocycles. The van der Waals surface area contributed by atoms with Crippen molar-refractivity contribution in [1.82, 2.24) is 10.1 Å². The number of hydrogen-bond acceptors (Lipinski definition) is 4. The standard InChI is InChI=1S/C13H13ClN2O3/c1-8-7-11(19-15-8)10-3-2-5-16(10)13(17)9-4-6-18-12(9)14/h4,6-7,10H,2-3,5H2,1H3. The highest BCUT2D eigenvalue weighted by Gasteiger charge is 2.34. The van der Waals surface area contributed by atoms with Gasteiger partial charge in [0, 0.05) is 12.6 Å². The first-order chi connectivity index (χ1) is 9.16. The summed E-state index contributed by atoms with van der Waals surface area (Å²) in [7, 11) is 0. The van der Waals surface area contributed by atoms with Gasteiger partial charge in [0.25, 0.3) is 5.91 Å². The van der Waals surface area contributed by atoms with Crippen LogP contribution in [-0.4, -0.2) is 22.5 Å². The molecule has 0 spiro atoms. The second kappa shape index (κ2) is 4.74. The van der Waals surface area contributed by atoms with Gasteiger partial charge in [0.15, 0.2) is 5.76 Å². The molecule has 1 aliphatic rings. The summed E-state index contributed by atoms with van der Waals surface area (Å²) in [5.41, 5.74) is 1.21. The first-order valence-corrected chi connectivity index (χ1v) is 6.52. The largest absolute Gasteiger partial charge is 0.452 e. The summed E-state index contributed by atoms with van der Waals surface area (Å²) >= 11 is 5.86. The van der Waals surface area contributed by atoms with Crippen LogP contribution in [0, 0.1) is 6.92 Å². The molecular formula is C13H13ClN2O3. The quantitative estimate of drug-likeness (QED) is 0.847. The Kier molecular flexibility index (Phi) is 3.06. The van der Waals surface area contributed by atoms with Crippen molar-refractivity contribution in [2.75, 3.05) is 6.54 Å². The van der Waals surface area contributed by atoms with Crippen LogP contribution in [0.1, 0.15) is 40.7 Å². The topological polar surface area (TPSA) is 59.5 Å². The smallest absolute Gasteiger partial charge is 0.259 e. The second-order valence-corrected chi connectivity index (χ2v) is 4.98. The average molecular weight is 281 g/mol. The minimum Gasteiger partial charge on any atom is -0.452 e. The van der Waals surface area contributed by atoms with E-state index in [4.69, 9.17) is 20.5 Å². The lowest BCUT2D eigenvalue weighted by atomic mass is 10.1. The van der Waals surface area contributed by atoms with Crippen LogP contribution in [0.15, 0.2) is 27.3 Å². The number of carbonyl (C=O) groups is 1. The van der Waals surface area contributed by atoms with E-state index < -0.39 is 0 Å². The summed E-state index contributed by atoms with van der Waals surface area (Å²) < 4.78 is 10.2. The highest BCUT2D eigenvalue weighted by atomic mass is 35.5. The maximum Gasteiger partial charge on any atom is 0.259 e. The molecule has 0 radical (unpaired) electrons. The number of likely N-dealkylation sites (tertiary alicyclic amines) is 1. The molecule has 1 amide bonds. The summed E-state index contributed by atoms with van der Waals surface area (Å²) in [6.07, 6.45) is 3.22. The number of furan rings is 1. The van der Waals surface area contributed by atoms with Crippen molar-refractivity contribution in [3.63, 3.8) is 0 Å². The molecule has 0 aliphatic carbocycles. The van der Waals surface area contributed by atoms with Gasteiger partial charge in [0.2, 0.25) is 5.22 Å². The first kappa shape index (κ1) is 12.3. The Labute approximate surface area is 115 Å². The van der Waals surface area contributed by atoms with E-state index in [0.717, 1.165) is 24.3 Å². The molecule has 0 N–H and O–H groups in total. The lowest BCUT2D eigenvalue weighted by molar-refractivity contribution is 0.0714. The molecule has 6 heteroatoms. The van der Waals surface area contributed by atoms with Gasteiger partial charge in [-0.3, -0.25) is 4.79 Å². The first-order valence-electron chi connectivity index (χ1n) is 6.14. The molecule has 3 heterocycles. The lowest BCUT2D eigenvalue weighted by Gasteiger charge is -2.22. The van der Waals surface area contributed by atoms with Crippen LogP contribution in [0.5, 0.6) is 0 Å². The van der Waals surface area contributed by atoms with Crippen molar-refractivity contribution in [2.24, 2.45) is 0 Å². The van der Waals surface area contributed by atoms with Gasteiger partial charge in [-0.25, -0.2) is 0 Å². The Morgan fingerprint density at radius 3 is 3.05 bits per heavy atom. The van der Waals surface area contributed by atoms with Gasteiger partial charge < -0.3 is 13.8 Å². The van der Waals surface area contributed by atoms with Crippen LogP contribution < -0.4 is 0 Å². The molecule has 19 heavy (non-hydrogen) atoms. The Hall–Kier alpha value is -1.75. The number of halogens is 1. The monoisotopic (exact) mass is 280 g/mol. The fraction of sp³-hybridized carbons (Fsp3) is 0.385. The number of aromatic nitrogens is 1. The number of nitrogens with zero attached hydrogens (tertiary/aromatic N) is 2. The predicted molar refractivity (Wildman–Crippen MR) is 68.0 cm³/mol. The Bertz CT molecular complexity index is 605. The molecule has 3 rings (SSSR count). The summed E-state index contributed by atoms with van der Waals surface area (Å²) in [4.78, 5) is 14.2. The third-order valence-corrected chi connectivity index (χ3v) is 3.63. The highest BCUT2D eigenvalue weighted by molar-refractivity contribution is 6.32. The molecule has 1 saturated heterocycles. The highest BCUT2D eigenvalue weighted by Crippen LogP contribution is 2.34. The maximum atomic E-state index is 12.4. The molecule has 0 bridgehead atoms. The number of hydrogen-bond donors (Lipinski definition) is 0. The van der Waals surface area contributed by atoms with Crippen molar-refractivity contribution in [3.05, 3.63) is 40.6 Å². The van der Waals surface area contributed by atoms with Crippen LogP contribution >= 0.6 is 11.6 Å². The number of carbonyl (C=O) groups excluding carboxylic acids is 1. The van der Waals surface area contributed by atoms with E-state index in [1.807, 2.05) is 13.0 Å². The van der Waals surface area contributed by atoms with E-state index >= 15 is 0 Å². The molecule has 0 saturated carbocycles. The minimum atomic E-state index is -0.129. The number of aryl methyl sites for hydroxylation is 1. The van der Waals surface area contributed by atoms with Gasteiger partial charge in [0.05, 0.1) is 23.6 Å². The summed E-state index contributed by atoms with van der Waals surface area (Å²) in [6.45, 7) is 2.55. The molecule has 5 nitrogen and oxygen atoms in total. The van der Waals surface area contributed by atoms with Crippen LogP contribution in [0.3, 0.4) is 0 Å². The zero-order valence-electron chi connectivity index (χ0n) is 10.4. The van der Waals surface area contributed by atoms with Crippen molar-refractivity contribution in [1.29, 1.82) is 0 Å². The molecule has 1 atom stereocenters. The van der Waals surface area contributed by atoms with Crippen molar-refractivity contribution >= 4 is 17.5 Å². The maximum absolute atomic E-state index is 12.4. The van der Waals surface area contributed by atoms with Crippen LogP contribution in [-0.2, 0) is 0 Å². The van der Waals surface area contributed by atoms with E-state index in [1.54, 1.807) is 11.0 Å². The van der Waals surface area contributed by atoms with Crippen molar-refractivity contribution < 1.29 is 13.7 Å². The zero-order chi connectivity index (χ0) is 13.4. The van der Waals surface area contributed by atoms with Gasteiger partial charge in [-0.15, -0.1) is 0 Å². The number of amides is 1. The molecule has 100 valence electrons. The predicted octanol–water partition coefficient (Wildman–Crippen LogP) is 3.21. The Morgan fingerprint density at radius 1 is 1.58 bits per heavy atom. The molecule has 1 unspecified atom stereocenters. The van der Waals surface area contributed by atoms with Gasteiger partial charge in [-0.1, -0.05) is 5.16 Å². The normalized spacial score (nSPS) is 19.1. The molecule has 2 aromatic heterocycles. The fourth-order valence-electron chi connectivity index (χ4n) is 2.45. The molecule has 1 aliphatic heterocycles. The fourth-order valence-corrected chi connectivity index (χ4v) is 2.64. The van der Waals surface area contributed by atoms with E-state index in [0.29, 0.717) is 12.1 Å². The summed E-state index contributed by atoms with van der Waals surface area (Å²) in [5, 5.41) is 4.01. The Balaban J connectivity index is 1.88. The minimum absolute atomic E-state index is 0.0698. The Morgan fingerprint density at radius 2 is 2.42 bits per heavy atom. The van der Waals surface area contributed by atoms with Gasteiger partial charge in [0.1, 0.15) is 0 Å². The van der Waals surface area contributed by atoms with Crippen LogP contribution in [0.2, 0.25) is 5.22 Å². The number of rotatable bonds is 2. The summed E-state index contributed by atoms with van der Waals surface area (Å²) in [6, 6.07) is 3.39. The average Bonchev–Trinajstić information content (AvgIpc) is 3.07. The van der Waals surface area contributed by atoms with E-state index in [9.17, 15) is 4.79 Å². The summed E-state index contributed by atoms with van der Waals surface area (Å²) in [5.74, 6) is 0.596. The van der Waals surface area contributed by atoms with Crippen LogP contribution in [0.25, 0.3) is 0 Å². The van der Waals surface area contributed by atoms with Crippen molar-refractivity contribution in [2.45, 2.75) is 25.8 Å². The SMILES string of the molecule is Cc1cc(C2CCCN2C(=O)c2ccoc2Cl)on1. The molecular weight excluding hydrogens is 268 g/mol. The third kappa shape index (κ3) is 2.14. The second-order valence-electron chi connectivity index (χ2n) is 4.64. The van der Waals surface area contributed by atoms with Gasteiger partial charge in [-0.2, -0.15) is 0 Å². The lowest BCUT2D eigenvalue weighted by Crippen LogP contribution is -2.30.